The maximum atomic E-state index is 12.7. The van der Waals surface area contributed by atoms with Crippen molar-refractivity contribution in [3.63, 3.8) is 0 Å². The molecule has 0 unspecified atom stereocenters. The molecule has 0 aliphatic rings. The average Bonchev–Trinajstić information content (AvgIpc) is 3.19. The molecule has 28 heavy (non-hydrogen) atoms. The van der Waals surface area contributed by atoms with Crippen molar-refractivity contribution < 1.29 is 18.7 Å². The SMILES string of the molecule is Cc1ncsc1COc1ccc2oc(C)c(C(=O)NCC(C)(C)C(N)=O)c2c1. The maximum absolute atomic E-state index is 12.7. The van der Waals surface area contributed by atoms with E-state index in [4.69, 9.17) is 14.9 Å². The predicted molar refractivity (Wildman–Crippen MR) is 107 cm³/mol. The fraction of sp³-hybridized carbons (Fsp3) is 0.350. The van der Waals surface area contributed by atoms with Gasteiger partial charge in [-0.3, -0.25) is 9.59 Å². The molecule has 0 aliphatic carbocycles. The molecule has 0 fully saturated rings. The zero-order valence-corrected chi connectivity index (χ0v) is 17.1. The van der Waals surface area contributed by atoms with Gasteiger partial charge in [0.2, 0.25) is 5.91 Å². The Bertz CT molecular complexity index is 1040. The Morgan fingerprint density at radius 1 is 1.32 bits per heavy atom. The molecular weight excluding hydrogens is 378 g/mol. The van der Waals surface area contributed by atoms with E-state index in [9.17, 15) is 9.59 Å². The fourth-order valence-electron chi connectivity index (χ4n) is 2.66. The van der Waals surface area contributed by atoms with E-state index in [1.165, 1.54) is 11.3 Å². The quantitative estimate of drug-likeness (QED) is 0.631. The van der Waals surface area contributed by atoms with Crippen molar-refractivity contribution in [3.05, 3.63) is 45.6 Å². The number of hydrogen-bond acceptors (Lipinski definition) is 6. The summed E-state index contributed by atoms with van der Waals surface area (Å²) < 4.78 is 11.6. The van der Waals surface area contributed by atoms with Gasteiger partial charge in [-0.15, -0.1) is 11.3 Å². The largest absolute Gasteiger partial charge is 0.488 e. The third kappa shape index (κ3) is 4.01. The van der Waals surface area contributed by atoms with E-state index < -0.39 is 11.3 Å². The Balaban J connectivity index is 1.82. The number of furan rings is 1. The molecule has 0 aliphatic heterocycles. The third-order valence-corrected chi connectivity index (χ3v) is 5.54. The van der Waals surface area contributed by atoms with Gasteiger partial charge in [0, 0.05) is 11.9 Å². The van der Waals surface area contributed by atoms with Gasteiger partial charge in [0.1, 0.15) is 23.7 Å². The molecule has 7 nitrogen and oxygen atoms in total. The molecule has 0 bridgehead atoms. The number of ether oxygens (including phenoxy) is 1. The van der Waals surface area contributed by atoms with Gasteiger partial charge in [-0.05, 0) is 45.9 Å². The number of thiazole rings is 1. The second-order valence-corrected chi connectivity index (χ2v) is 8.21. The molecule has 0 atom stereocenters. The Kier molecular flexibility index (Phi) is 5.42. The summed E-state index contributed by atoms with van der Waals surface area (Å²) >= 11 is 1.54. The van der Waals surface area contributed by atoms with Crippen LogP contribution in [-0.4, -0.2) is 23.3 Å². The highest BCUT2D eigenvalue weighted by atomic mass is 32.1. The topological polar surface area (TPSA) is 107 Å². The van der Waals surface area contributed by atoms with Crippen LogP contribution in [0.1, 0.15) is 40.5 Å². The van der Waals surface area contributed by atoms with Crippen molar-refractivity contribution >= 4 is 34.1 Å². The number of nitrogens with one attached hydrogen (secondary N) is 1. The Hall–Kier alpha value is -2.87. The molecule has 0 radical (unpaired) electrons. The lowest BCUT2D eigenvalue weighted by molar-refractivity contribution is -0.125. The molecule has 0 spiro atoms. The number of carbonyl (C=O) groups is 2. The number of fused-ring (bicyclic) bond motifs is 1. The highest BCUT2D eigenvalue weighted by Crippen LogP contribution is 2.30. The first-order valence-corrected chi connectivity index (χ1v) is 9.70. The van der Waals surface area contributed by atoms with Crippen LogP contribution >= 0.6 is 11.3 Å². The molecule has 0 saturated heterocycles. The number of nitrogens with zero attached hydrogens (tertiary/aromatic N) is 1. The number of hydrogen-bond donors (Lipinski definition) is 2. The van der Waals surface area contributed by atoms with Crippen molar-refractivity contribution in [1.29, 1.82) is 0 Å². The van der Waals surface area contributed by atoms with Gasteiger partial charge in [0.15, 0.2) is 0 Å². The van der Waals surface area contributed by atoms with Gasteiger partial charge in [0.05, 0.1) is 27.1 Å². The van der Waals surface area contributed by atoms with Gasteiger partial charge in [-0.1, -0.05) is 0 Å². The summed E-state index contributed by atoms with van der Waals surface area (Å²) in [6.07, 6.45) is 0. The van der Waals surface area contributed by atoms with Gasteiger partial charge >= 0.3 is 0 Å². The summed E-state index contributed by atoms with van der Waals surface area (Å²) in [6, 6.07) is 5.37. The van der Waals surface area contributed by atoms with Crippen LogP contribution in [0.2, 0.25) is 0 Å². The van der Waals surface area contributed by atoms with E-state index in [2.05, 4.69) is 10.3 Å². The summed E-state index contributed by atoms with van der Waals surface area (Å²) in [5.74, 6) is 0.337. The first-order valence-electron chi connectivity index (χ1n) is 8.82. The minimum Gasteiger partial charge on any atom is -0.488 e. The normalized spacial score (nSPS) is 11.6. The van der Waals surface area contributed by atoms with Crippen LogP contribution in [0.4, 0.5) is 0 Å². The second-order valence-electron chi connectivity index (χ2n) is 7.27. The van der Waals surface area contributed by atoms with E-state index >= 15 is 0 Å². The summed E-state index contributed by atoms with van der Waals surface area (Å²) in [5.41, 5.74) is 8.28. The predicted octanol–water partition coefficient (Wildman–Crippen LogP) is 3.33. The van der Waals surface area contributed by atoms with Crippen molar-refractivity contribution in [2.45, 2.75) is 34.3 Å². The molecule has 3 N–H and O–H groups in total. The van der Waals surface area contributed by atoms with Gasteiger partial charge in [0.25, 0.3) is 5.91 Å². The Labute approximate surface area is 166 Å². The number of amides is 2. The van der Waals surface area contributed by atoms with Crippen molar-refractivity contribution in [1.82, 2.24) is 10.3 Å². The minimum atomic E-state index is -0.843. The number of rotatable bonds is 7. The third-order valence-electron chi connectivity index (χ3n) is 4.64. The molecule has 8 heteroatoms. The van der Waals surface area contributed by atoms with Gasteiger partial charge in [-0.2, -0.15) is 0 Å². The molecule has 3 aromatic rings. The monoisotopic (exact) mass is 401 g/mol. The van der Waals surface area contributed by atoms with Crippen LogP contribution in [-0.2, 0) is 11.4 Å². The summed E-state index contributed by atoms with van der Waals surface area (Å²) in [5, 5.41) is 3.43. The van der Waals surface area contributed by atoms with Crippen molar-refractivity contribution in [3.8, 4) is 5.75 Å². The van der Waals surface area contributed by atoms with Crippen LogP contribution in [0.3, 0.4) is 0 Å². The highest BCUT2D eigenvalue weighted by Gasteiger charge is 2.27. The minimum absolute atomic E-state index is 0.133. The second kappa shape index (κ2) is 7.63. The van der Waals surface area contributed by atoms with Crippen LogP contribution < -0.4 is 15.8 Å². The van der Waals surface area contributed by atoms with Crippen molar-refractivity contribution in [2.24, 2.45) is 11.1 Å². The standard InChI is InChI=1S/C20H23N3O4S/c1-11-16(28-10-23-11)8-26-13-5-6-15-14(7-13)17(12(2)27-15)18(24)22-9-20(3,4)19(21)25/h5-7,10H,8-9H2,1-4H3,(H2,21,25)(H,22,24). The first kappa shape index (κ1) is 19.9. The number of carbonyl (C=O) groups excluding carboxylic acids is 2. The molecule has 0 saturated carbocycles. The smallest absolute Gasteiger partial charge is 0.255 e. The van der Waals surface area contributed by atoms with Crippen LogP contribution in [0.25, 0.3) is 11.0 Å². The molecule has 2 amide bonds. The Morgan fingerprint density at radius 3 is 2.71 bits per heavy atom. The fourth-order valence-corrected chi connectivity index (χ4v) is 3.35. The lowest BCUT2D eigenvalue weighted by atomic mass is 9.92. The zero-order valence-electron chi connectivity index (χ0n) is 16.3. The van der Waals surface area contributed by atoms with Crippen LogP contribution in [0, 0.1) is 19.3 Å². The summed E-state index contributed by atoms with van der Waals surface area (Å²) in [7, 11) is 0. The van der Waals surface area contributed by atoms with Crippen molar-refractivity contribution in [2.75, 3.05) is 6.54 Å². The van der Waals surface area contributed by atoms with E-state index in [1.807, 2.05) is 6.92 Å². The molecule has 2 aromatic heterocycles. The molecule has 1 aromatic carbocycles. The van der Waals surface area contributed by atoms with Gasteiger partial charge < -0.3 is 20.2 Å². The number of nitrogens with two attached hydrogens (primary N) is 1. The van der Waals surface area contributed by atoms with Gasteiger partial charge in [-0.25, -0.2) is 4.98 Å². The number of primary amides is 1. The van der Waals surface area contributed by atoms with E-state index in [0.29, 0.717) is 34.6 Å². The van der Waals surface area contributed by atoms with Crippen LogP contribution in [0.5, 0.6) is 5.75 Å². The van der Waals surface area contributed by atoms with E-state index in [0.717, 1.165) is 10.6 Å². The average molecular weight is 401 g/mol. The summed E-state index contributed by atoms with van der Waals surface area (Å²) in [4.78, 5) is 29.5. The lowest BCUT2D eigenvalue weighted by Gasteiger charge is -2.20. The maximum Gasteiger partial charge on any atom is 0.255 e. The van der Waals surface area contributed by atoms with Crippen LogP contribution in [0.15, 0.2) is 28.1 Å². The highest BCUT2D eigenvalue weighted by molar-refractivity contribution is 7.09. The van der Waals surface area contributed by atoms with E-state index in [-0.39, 0.29) is 12.5 Å². The van der Waals surface area contributed by atoms with E-state index in [1.54, 1.807) is 44.5 Å². The zero-order chi connectivity index (χ0) is 20.5. The molecular formula is C20H23N3O4S. The number of aryl methyl sites for hydroxylation is 2. The molecule has 148 valence electrons. The lowest BCUT2D eigenvalue weighted by Crippen LogP contribution is -2.42. The first-order chi connectivity index (χ1) is 13.2. The summed E-state index contributed by atoms with van der Waals surface area (Å²) in [6.45, 7) is 7.58. The Morgan fingerprint density at radius 2 is 2.07 bits per heavy atom. The molecule has 2 heterocycles. The molecule has 3 rings (SSSR count). The number of benzene rings is 1. The number of aromatic nitrogens is 1.